The second-order valence-electron chi connectivity index (χ2n) is 5.59. The number of nitrogens with zero attached hydrogens (tertiary/aromatic N) is 2. The maximum Gasteiger partial charge on any atom is 0.387 e. The Hall–Kier alpha value is -2.20. The highest BCUT2D eigenvalue weighted by Crippen LogP contribution is 2.37. The minimum Gasteiger partial charge on any atom is -0.493 e. The summed E-state index contributed by atoms with van der Waals surface area (Å²) in [4.78, 5) is 23.6. The number of halogens is 3. The molecule has 1 aliphatic rings. The first-order chi connectivity index (χ1) is 11.8. The normalized spacial score (nSPS) is 17.5. The van der Waals surface area contributed by atoms with Crippen molar-refractivity contribution < 1.29 is 33.1 Å². The van der Waals surface area contributed by atoms with Crippen LogP contribution in [0, 0.1) is 10.1 Å². The number of piperidine rings is 1. The molecule has 0 aromatic heterocycles. The third-order valence-corrected chi connectivity index (χ3v) is 4.05. The summed E-state index contributed by atoms with van der Waals surface area (Å²) in [7, 11) is 1.23. The lowest BCUT2D eigenvalue weighted by Crippen LogP contribution is -2.44. The van der Waals surface area contributed by atoms with Crippen LogP contribution in [0.5, 0.6) is 11.5 Å². The molecule has 1 heterocycles. The molecule has 26 heavy (non-hydrogen) atoms. The van der Waals surface area contributed by atoms with Crippen molar-refractivity contribution in [3.8, 4) is 11.5 Å². The summed E-state index contributed by atoms with van der Waals surface area (Å²) in [6, 6.07) is 1.37. The number of nitro benzene ring substituents is 1. The quantitative estimate of drug-likeness (QED) is 0.558. The number of benzene rings is 1. The Balaban J connectivity index is 0.00000338. The number of methoxy groups -OCH3 is 1. The van der Waals surface area contributed by atoms with Gasteiger partial charge >= 0.3 is 12.6 Å². The molecule has 2 rings (SSSR count). The van der Waals surface area contributed by atoms with Crippen molar-refractivity contribution in [2.75, 3.05) is 13.7 Å². The molecule has 8 nitrogen and oxygen atoms in total. The zero-order valence-corrected chi connectivity index (χ0v) is 14.7. The third kappa shape index (κ3) is 5.15. The molecule has 146 valence electrons. The van der Waals surface area contributed by atoms with Crippen LogP contribution >= 0.6 is 12.4 Å². The second-order valence-corrected chi connectivity index (χ2v) is 5.59. The molecule has 0 amide bonds. The van der Waals surface area contributed by atoms with Gasteiger partial charge in [0.2, 0.25) is 0 Å². The SMILES string of the molecule is COc1cc(CN2CCCCC2C(=O)O)c([N+](=O)[O-])cc1OC(F)F.Cl. The lowest BCUT2D eigenvalue weighted by molar-refractivity contribution is -0.385. The average molecular weight is 397 g/mol. The summed E-state index contributed by atoms with van der Waals surface area (Å²) in [5.41, 5.74) is -0.247. The molecule has 1 aromatic rings. The monoisotopic (exact) mass is 396 g/mol. The summed E-state index contributed by atoms with van der Waals surface area (Å²) >= 11 is 0. The van der Waals surface area contributed by atoms with E-state index >= 15 is 0 Å². The highest BCUT2D eigenvalue weighted by Gasteiger charge is 2.31. The molecule has 1 aromatic carbocycles. The van der Waals surface area contributed by atoms with Gasteiger partial charge in [0.1, 0.15) is 6.04 Å². The molecule has 0 bridgehead atoms. The zero-order valence-electron chi connectivity index (χ0n) is 13.9. The van der Waals surface area contributed by atoms with E-state index in [0.29, 0.717) is 13.0 Å². The number of nitro groups is 1. The summed E-state index contributed by atoms with van der Waals surface area (Å²) < 4.78 is 34.2. The molecule has 0 spiro atoms. The van der Waals surface area contributed by atoms with E-state index in [1.807, 2.05) is 0 Å². The number of carboxylic acids is 1. The Morgan fingerprint density at radius 2 is 2.12 bits per heavy atom. The Bertz CT molecular complexity index is 661. The van der Waals surface area contributed by atoms with E-state index in [1.165, 1.54) is 13.2 Å². The molecular formula is C15H19ClF2N2O6. The van der Waals surface area contributed by atoms with E-state index < -0.39 is 35.0 Å². The molecule has 0 radical (unpaired) electrons. The van der Waals surface area contributed by atoms with Crippen LogP contribution in [0.2, 0.25) is 0 Å². The predicted octanol–water partition coefficient (Wildman–Crippen LogP) is 3.07. The van der Waals surface area contributed by atoms with Crippen LogP contribution < -0.4 is 9.47 Å². The van der Waals surface area contributed by atoms with Gasteiger partial charge in [-0.1, -0.05) is 6.42 Å². The minimum absolute atomic E-state index is 0. The number of alkyl halides is 2. The number of carbonyl (C=O) groups is 1. The van der Waals surface area contributed by atoms with Gasteiger partial charge in [0.05, 0.1) is 18.1 Å². The minimum atomic E-state index is -3.15. The van der Waals surface area contributed by atoms with Crippen LogP contribution in [-0.2, 0) is 11.3 Å². The van der Waals surface area contributed by atoms with Crippen LogP contribution in [0.25, 0.3) is 0 Å². The van der Waals surface area contributed by atoms with Gasteiger partial charge in [-0.05, 0) is 25.5 Å². The van der Waals surface area contributed by atoms with Crippen LogP contribution in [0.3, 0.4) is 0 Å². The maximum absolute atomic E-state index is 12.5. The van der Waals surface area contributed by atoms with Gasteiger partial charge in [0.25, 0.3) is 5.69 Å². The zero-order chi connectivity index (χ0) is 18.6. The van der Waals surface area contributed by atoms with Crippen LogP contribution in [0.4, 0.5) is 14.5 Å². The van der Waals surface area contributed by atoms with Crippen molar-refractivity contribution in [3.05, 3.63) is 27.8 Å². The first-order valence-corrected chi connectivity index (χ1v) is 7.60. The highest BCUT2D eigenvalue weighted by molar-refractivity contribution is 5.85. The van der Waals surface area contributed by atoms with E-state index in [9.17, 15) is 28.8 Å². The molecule has 1 saturated heterocycles. The topological polar surface area (TPSA) is 102 Å². The number of carboxylic acid groups (broad SMARTS) is 1. The molecular weight excluding hydrogens is 378 g/mol. The third-order valence-electron chi connectivity index (χ3n) is 4.05. The highest BCUT2D eigenvalue weighted by atomic mass is 35.5. The lowest BCUT2D eigenvalue weighted by Gasteiger charge is -2.32. The lowest BCUT2D eigenvalue weighted by atomic mass is 10.0. The predicted molar refractivity (Wildman–Crippen MR) is 89.2 cm³/mol. The van der Waals surface area contributed by atoms with Gasteiger partial charge < -0.3 is 14.6 Å². The molecule has 0 aliphatic carbocycles. The van der Waals surface area contributed by atoms with Crippen molar-refractivity contribution in [1.82, 2.24) is 4.90 Å². The number of hydrogen-bond acceptors (Lipinski definition) is 6. The first-order valence-electron chi connectivity index (χ1n) is 7.60. The van der Waals surface area contributed by atoms with E-state index in [1.54, 1.807) is 4.90 Å². The average Bonchev–Trinajstić information content (AvgIpc) is 2.55. The van der Waals surface area contributed by atoms with Gasteiger partial charge in [0.15, 0.2) is 11.5 Å². The number of likely N-dealkylation sites (tertiary alicyclic amines) is 1. The van der Waals surface area contributed by atoms with E-state index in [0.717, 1.165) is 18.9 Å². The van der Waals surface area contributed by atoms with Gasteiger partial charge in [-0.15, -0.1) is 12.4 Å². The smallest absolute Gasteiger partial charge is 0.387 e. The number of rotatable bonds is 7. The fraction of sp³-hybridized carbons (Fsp3) is 0.533. The molecule has 0 saturated carbocycles. The second kappa shape index (κ2) is 9.48. The van der Waals surface area contributed by atoms with Crippen molar-refractivity contribution in [2.45, 2.75) is 38.5 Å². The Morgan fingerprint density at radius 3 is 2.65 bits per heavy atom. The van der Waals surface area contributed by atoms with Crippen LogP contribution in [0.1, 0.15) is 24.8 Å². The number of ether oxygens (including phenoxy) is 2. The van der Waals surface area contributed by atoms with Gasteiger partial charge in [-0.3, -0.25) is 19.8 Å². The Morgan fingerprint density at radius 1 is 1.42 bits per heavy atom. The molecule has 11 heteroatoms. The Kier molecular flexibility index (Phi) is 7.97. The summed E-state index contributed by atoms with van der Waals surface area (Å²) in [6.45, 7) is -2.68. The van der Waals surface area contributed by atoms with E-state index in [2.05, 4.69) is 4.74 Å². The van der Waals surface area contributed by atoms with Crippen molar-refractivity contribution >= 4 is 24.1 Å². The standard InChI is InChI=1S/C15H18F2N2O6.ClH/c1-24-12-6-9(8-18-5-3-2-4-10(18)14(20)21)11(19(22)23)7-13(12)25-15(16)17;/h6-7,10,15H,2-5,8H2,1H3,(H,20,21);1H. The van der Waals surface area contributed by atoms with Gasteiger partial charge in [-0.25, -0.2) is 0 Å². The number of aliphatic carboxylic acids is 1. The van der Waals surface area contributed by atoms with Crippen molar-refractivity contribution in [2.24, 2.45) is 0 Å². The van der Waals surface area contributed by atoms with Crippen LogP contribution in [-0.4, -0.2) is 47.2 Å². The Labute approximate surface area is 154 Å². The van der Waals surface area contributed by atoms with Crippen molar-refractivity contribution in [3.63, 3.8) is 0 Å². The van der Waals surface area contributed by atoms with Crippen molar-refractivity contribution in [1.29, 1.82) is 0 Å². The summed E-state index contributed by atoms with van der Waals surface area (Å²) in [5, 5.41) is 20.6. The molecule has 1 atom stereocenters. The fourth-order valence-electron chi connectivity index (χ4n) is 2.91. The van der Waals surface area contributed by atoms with E-state index in [-0.39, 0.29) is 30.3 Å². The van der Waals surface area contributed by atoms with Gasteiger partial charge in [-0.2, -0.15) is 8.78 Å². The molecule has 1 aliphatic heterocycles. The largest absolute Gasteiger partial charge is 0.493 e. The van der Waals surface area contributed by atoms with E-state index in [4.69, 9.17) is 4.74 Å². The summed E-state index contributed by atoms with van der Waals surface area (Å²) in [6.07, 6.45) is 1.99. The fourth-order valence-corrected chi connectivity index (χ4v) is 2.91. The number of hydrogen-bond donors (Lipinski definition) is 1. The maximum atomic E-state index is 12.5. The van der Waals surface area contributed by atoms with Gasteiger partial charge in [0, 0.05) is 12.1 Å². The summed E-state index contributed by atoms with van der Waals surface area (Å²) in [5.74, 6) is -1.52. The molecule has 1 N–H and O–H groups in total. The molecule has 1 fully saturated rings. The first kappa shape index (κ1) is 21.8. The van der Waals surface area contributed by atoms with Crippen LogP contribution in [0.15, 0.2) is 12.1 Å². The molecule has 1 unspecified atom stereocenters.